The summed E-state index contributed by atoms with van der Waals surface area (Å²) in [6.45, 7) is 2.41. The third-order valence-corrected chi connectivity index (χ3v) is 4.14. The third-order valence-electron chi connectivity index (χ3n) is 4.14. The average molecular weight is 394 g/mol. The third kappa shape index (κ3) is 5.25. The van der Waals surface area contributed by atoms with Crippen molar-refractivity contribution in [2.24, 2.45) is 0 Å². The van der Waals surface area contributed by atoms with Crippen molar-refractivity contribution in [1.29, 1.82) is 0 Å². The maximum atomic E-state index is 14.4. The minimum atomic E-state index is -0.822. The summed E-state index contributed by atoms with van der Waals surface area (Å²) in [6, 6.07) is 15.7. The van der Waals surface area contributed by atoms with E-state index in [-0.39, 0.29) is 12.2 Å². The number of hydrogen-bond acceptors (Lipinski definition) is 3. The van der Waals surface area contributed by atoms with Crippen LogP contribution in [0.5, 0.6) is 5.75 Å². The van der Waals surface area contributed by atoms with Gasteiger partial charge in [0.15, 0.2) is 0 Å². The number of hydrogen-bond donors (Lipinski definition) is 0. The Labute approximate surface area is 168 Å². The highest BCUT2D eigenvalue weighted by atomic mass is 19.1. The Kier molecular flexibility index (Phi) is 6.68. The number of carbonyl (C=O) groups is 1. The molecule has 0 unspecified atom stereocenters. The molecule has 0 aliphatic heterocycles. The van der Waals surface area contributed by atoms with E-state index in [0.29, 0.717) is 18.1 Å². The number of nitrogens with zero attached hydrogens (tertiary/aromatic N) is 2. The first-order valence-corrected chi connectivity index (χ1v) is 9.15. The first-order chi connectivity index (χ1) is 14.1. The molecule has 0 atom stereocenters. The molecule has 2 aromatic carbocycles. The molecule has 1 aromatic heterocycles. The molecule has 0 aliphatic carbocycles. The molecule has 3 aromatic rings. The van der Waals surface area contributed by atoms with E-state index in [2.05, 4.69) is 4.98 Å². The van der Waals surface area contributed by atoms with Gasteiger partial charge in [0, 0.05) is 23.9 Å². The van der Waals surface area contributed by atoms with Crippen molar-refractivity contribution in [1.82, 2.24) is 4.98 Å². The molecule has 0 N–H and O–H groups in total. The Hall–Kier alpha value is -3.54. The van der Waals surface area contributed by atoms with Gasteiger partial charge in [0.05, 0.1) is 24.5 Å². The van der Waals surface area contributed by atoms with Crippen molar-refractivity contribution in [3.8, 4) is 5.75 Å². The van der Waals surface area contributed by atoms with E-state index in [1.165, 1.54) is 17.0 Å². The largest absolute Gasteiger partial charge is 0.493 e. The molecule has 0 fully saturated rings. The van der Waals surface area contributed by atoms with Gasteiger partial charge in [-0.05, 0) is 43.3 Å². The number of pyridine rings is 1. The summed E-state index contributed by atoms with van der Waals surface area (Å²) < 4.78 is 33.3. The Morgan fingerprint density at radius 1 is 1.10 bits per heavy atom. The molecule has 6 heteroatoms. The second-order valence-electron chi connectivity index (χ2n) is 6.15. The molecule has 0 saturated carbocycles. The van der Waals surface area contributed by atoms with E-state index in [9.17, 15) is 13.6 Å². The van der Waals surface area contributed by atoms with Crippen molar-refractivity contribution >= 4 is 17.7 Å². The molecule has 0 aliphatic rings. The zero-order valence-corrected chi connectivity index (χ0v) is 15.9. The summed E-state index contributed by atoms with van der Waals surface area (Å²) in [4.78, 5) is 18.4. The van der Waals surface area contributed by atoms with Crippen LogP contribution in [0.1, 0.15) is 18.2 Å². The maximum absolute atomic E-state index is 14.4. The first-order valence-electron chi connectivity index (χ1n) is 9.15. The highest BCUT2D eigenvalue weighted by molar-refractivity contribution is 6.04. The fourth-order valence-electron chi connectivity index (χ4n) is 2.79. The fourth-order valence-corrected chi connectivity index (χ4v) is 2.79. The highest BCUT2D eigenvalue weighted by Crippen LogP contribution is 2.24. The van der Waals surface area contributed by atoms with Gasteiger partial charge < -0.3 is 4.74 Å². The summed E-state index contributed by atoms with van der Waals surface area (Å²) in [5.41, 5.74) is 1.28. The van der Waals surface area contributed by atoms with Crippen LogP contribution in [0.25, 0.3) is 6.08 Å². The number of rotatable bonds is 7. The predicted molar refractivity (Wildman–Crippen MR) is 108 cm³/mol. The van der Waals surface area contributed by atoms with Crippen LogP contribution < -0.4 is 9.64 Å². The molecule has 1 amide bonds. The SMILES string of the molecule is CCOc1ccccc1C=CC(=O)N(Cc1ccccn1)c1ccc(F)cc1F. The van der Waals surface area contributed by atoms with Gasteiger partial charge in [-0.1, -0.05) is 24.3 Å². The number of aromatic nitrogens is 1. The summed E-state index contributed by atoms with van der Waals surface area (Å²) in [7, 11) is 0. The summed E-state index contributed by atoms with van der Waals surface area (Å²) in [5, 5.41) is 0. The zero-order chi connectivity index (χ0) is 20.6. The van der Waals surface area contributed by atoms with E-state index in [4.69, 9.17) is 4.74 Å². The Balaban J connectivity index is 1.92. The van der Waals surface area contributed by atoms with Crippen molar-refractivity contribution < 1.29 is 18.3 Å². The molecular weight excluding hydrogens is 374 g/mol. The van der Waals surface area contributed by atoms with E-state index < -0.39 is 17.5 Å². The van der Waals surface area contributed by atoms with E-state index in [1.54, 1.807) is 36.5 Å². The van der Waals surface area contributed by atoms with Crippen LogP contribution in [-0.4, -0.2) is 17.5 Å². The van der Waals surface area contributed by atoms with E-state index in [0.717, 1.165) is 17.7 Å². The lowest BCUT2D eigenvalue weighted by Gasteiger charge is -2.21. The predicted octanol–water partition coefficient (Wildman–Crippen LogP) is 5.01. The highest BCUT2D eigenvalue weighted by Gasteiger charge is 2.19. The van der Waals surface area contributed by atoms with Crippen molar-refractivity contribution in [2.75, 3.05) is 11.5 Å². The Morgan fingerprint density at radius 3 is 2.62 bits per heavy atom. The number of para-hydroxylation sites is 1. The quantitative estimate of drug-likeness (QED) is 0.530. The van der Waals surface area contributed by atoms with Gasteiger partial charge in [-0.25, -0.2) is 8.78 Å². The Morgan fingerprint density at radius 2 is 1.90 bits per heavy atom. The lowest BCUT2D eigenvalue weighted by molar-refractivity contribution is -0.114. The van der Waals surface area contributed by atoms with Crippen LogP contribution in [0.15, 0.2) is 72.9 Å². The summed E-state index contributed by atoms with van der Waals surface area (Å²) in [5.74, 6) is -1.36. The van der Waals surface area contributed by atoms with E-state index >= 15 is 0 Å². The van der Waals surface area contributed by atoms with Crippen molar-refractivity contribution in [2.45, 2.75) is 13.5 Å². The van der Waals surface area contributed by atoms with Gasteiger partial charge in [-0.15, -0.1) is 0 Å². The smallest absolute Gasteiger partial charge is 0.251 e. The normalized spacial score (nSPS) is 10.9. The monoisotopic (exact) mass is 394 g/mol. The molecule has 148 valence electrons. The van der Waals surface area contributed by atoms with Crippen molar-refractivity contribution in [3.63, 3.8) is 0 Å². The molecule has 0 saturated heterocycles. The minimum Gasteiger partial charge on any atom is -0.493 e. The summed E-state index contributed by atoms with van der Waals surface area (Å²) >= 11 is 0. The fraction of sp³-hybridized carbons (Fsp3) is 0.130. The lowest BCUT2D eigenvalue weighted by atomic mass is 10.1. The first kappa shape index (κ1) is 20.2. The molecule has 0 spiro atoms. The number of amides is 1. The zero-order valence-electron chi connectivity index (χ0n) is 15.9. The lowest BCUT2D eigenvalue weighted by Crippen LogP contribution is -2.30. The standard InChI is InChI=1S/C23H20F2N2O2/c1-2-29-22-9-4-3-7-17(22)10-13-23(28)27(16-19-8-5-6-14-26-19)21-12-11-18(24)15-20(21)25/h3-15H,2,16H2,1H3. The van der Waals surface area contributed by atoms with Crippen LogP contribution in [0.3, 0.4) is 0 Å². The van der Waals surface area contributed by atoms with Crippen LogP contribution >= 0.6 is 0 Å². The molecule has 29 heavy (non-hydrogen) atoms. The van der Waals surface area contributed by atoms with Gasteiger partial charge in [0.1, 0.15) is 17.4 Å². The minimum absolute atomic E-state index is 0.0233. The molecule has 4 nitrogen and oxygen atoms in total. The van der Waals surface area contributed by atoms with Gasteiger partial charge >= 0.3 is 0 Å². The van der Waals surface area contributed by atoms with Gasteiger partial charge in [-0.3, -0.25) is 14.7 Å². The van der Waals surface area contributed by atoms with Gasteiger partial charge in [0.2, 0.25) is 0 Å². The molecule has 0 bridgehead atoms. The van der Waals surface area contributed by atoms with Crippen molar-refractivity contribution in [3.05, 3.63) is 95.8 Å². The molecule has 0 radical (unpaired) electrons. The number of benzene rings is 2. The molecule has 3 rings (SSSR count). The van der Waals surface area contributed by atoms with Crippen LogP contribution in [0.2, 0.25) is 0 Å². The average Bonchev–Trinajstić information content (AvgIpc) is 2.73. The van der Waals surface area contributed by atoms with Crippen LogP contribution in [0.4, 0.5) is 14.5 Å². The maximum Gasteiger partial charge on any atom is 0.251 e. The van der Waals surface area contributed by atoms with Crippen LogP contribution in [0, 0.1) is 11.6 Å². The number of ether oxygens (including phenoxy) is 1. The second-order valence-corrected chi connectivity index (χ2v) is 6.15. The summed E-state index contributed by atoms with van der Waals surface area (Å²) in [6.07, 6.45) is 4.54. The van der Waals surface area contributed by atoms with Gasteiger partial charge in [0.25, 0.3) is 5.91 Å². The number of carbonyl (C=O) groups excluding carboxylic acids is 1. The number of halogens is 2. The van der Waals surface area contributed by atoms with Crippen LogP contribution in [-0.2, 0) is 11.3 Å². The molecule has 1 heterocycles. The second kappa shape index (κ2) is 9.59. The Bertz CT molecular complexity index is 1010. The topological polar surface area (TPSA) is 42.4 Å². The van der Waals surface area contributed by atoms with E-state index in [1.807, 2.05) is 25.1 Å². The number of anilines is 1. The van der Waals surface area contributed by atoms with Gasteiger partial charge in [-0.2, -0.15) is 0 Å². The molecular formula is C23H20F2N2O2.